The lowest BCUT2D eigenvalue weighted by Crippen LogP contribution is -2.47. The number of aromatic amines is 1. The summed E-state index contributed by atoms with van der Waals surface area (Å²) in [4.78, 5) is 45.1. The summed E-state index contributed by atoms with van der Waals surface area (Å²) in [7, 11) is 1.39. The number of benzene rings is 1. The van der Waals surface area contributed by atoms with Gasteiger partial charge in [-0.15, -0.1) is 0 Å². The number of carbonyl (C=O) groups is 3. The molecule has 0 saturated carbocycles. The predicted octanol–water partition coefficient (Wildman–Crippen LogP) is 1.57. The van der Waals surface area contributed by atoms with Crippen LogP contribution in [0.1, 0.15) is 51.6 Å². The maximum atomic E-state index is 12.8. The van der Waals surface area contributed by atoms with Crippen LogP contribution in [-0.4, -0.2) is 83.8 Å². The van der Waals surface area contributed by atoms with Crippen molar-refractivity contribution in [3.63, 3.8) is 0 Å². The summed E-state index contributed by atoms with van der Waals surface area (Å²) in [5.41, 5.74) is 4.76. The molecule has 0 radical (unpaired) electrons. The Kier molecular flexibility index (Phi) is 11.0. The van der Waals surface area contributed by atoms with Crippen molar-refractivity contribution in [1.29, 1.82) is 5.41 Å². The third-order valence-corrected chi connectivity index (χ3v) is 7.44. The van der Waals surface area contributed by atoms with Gasteiger partial charge in [0, 0.05) is 7.11 Å². The van der Waals surface area contributed by atoms with E-state index in [4.69, 9.17) is 30.1 Å². The average molecular weight is 600 g/mol. The Morgan fingerprint density at radius 3 is 2.51 bits per heavy atom. The minimum Gasteiger partial charge on any atom is -0.463 e. The van der Waals surface area contributed by atoms with Crippen LogP contribution in [0, 0.1) is 11.3 Å². The van der Waals surface area contributed by atoms with Crippen LogP contribution in [-0.2, 0) is 45.4 Å². The fraction of sp³-hybridized carbons (Fsp3) is 0.500. The van der Waals surface area contributed by atoms with E-state index in [-0.39, 0.29) is 24.8 Å². The molecule has 0 spiro atoms. The fourth-order valence-electron chi connectivity index (χ4n) is 4.34. The lowest BCUT2D eigenvalue weighted by molar-refractivity contribution is -0.162. The first-order valence-electron chi connectivity index (χ1n) is 13.9. The number of nitrogens with zero attached hydrogens (tertiary/aromatic N) is 1. The molecule has 1 saturated heterocycles. The number of aliphatic imine (C=N–C) groups is 1. The molecule has 13 nitrogen and oxygen atoms in total. The number of carbonyl (C=O) groups excluding carboxylic acids is 3. The number of amidine groups is 1. The van der Waals surface area contributed by atoms with Crippen LogP contribution in [0.3, 0.4) is 0 Å². The summed E-state index contributed by atoms with van der Waals surface area (Å²) in [6.07, 6.45) is -2.88. The molecule has 0 aliphatic carbocycles. The summed E-state index contributed by atoms with van der Waals surface area (Å²) in [6.45, 7) is 7.97. The number of aromatic nitrogens is 1. The molecule has 234 valence electrons. The number of amides is 1. The van der Waals surface area contributed by atoms with Crippen LogP contribution in [0.25, 0.3) is 0 Å². The molecule has 0 unspecified atom stereocenters. The molecule has 5 atom stereocenters. The van der Waals surface area contributed by atoms with Crippen molar-refractivity contribution in [2.45, 2.75) is 76.6 Å². The van der Waals surface area contributed by atoms with Gasteiger partial charge in [0.1, 0.15) is 42.4 Å². The van der Waals surface area contributed by atoms with Crippen LogP contribution in [0.2, 0.25) is 0 Å². The Bertz CT molecular complexity index is 1320. The minimum absolute atomic E-state index is 0.0246. The number of ether oxygens (including phenoxy) is 4. The molecule has 43 heavy (non-hydrogen) atoms. The molecule has 3 rings (SSSR count). The monoisotopic (exact) mass is 599 g/mol. The van der Waals surface area contributed by atoms with E-state index < -0.39 is 53.4 Å². The summed E-state index contributed by atoms with van der Waals surface area (Å²) >= 11 is 0. The molecule has 13 heteroatoms. The normalized spacial score (nSPS) is 23.1. The van der Waals surface area contributed by atoms with Crippen LogP contribution < -0.4 is 11.1 Å². The lowest BCUT2D eigenvalue weighted by Gasteiger charge is -2.27. The summed E-state index contributed by atoms with van der Waals surface area (Å²) in [6, 6.07) is 11.3. The largest absolute Gasteiger partial charge is 0.463 e. The van der Waals surface area contributed by atoms with Crippen molar-refractivity contribution in [1.82, 2.24) is 10.3 Å². The number of rotatable bonds is 12. The van der Waals surface area contributed by atoms with E-state index in [1.54, 1.807) is 58.9 Å². The standard InChI is InChI=1S/C30H41N5O8/c1-17(2)23(32)27(38)42-24-20(15-41-22(36)14-18-10-8-7-9-11-18)43-30(5,25(24)37)21-13-12-19(34-21)26(33-16-31)35-28(39)29(3,4)40-6/h7-13,16-17,20,23-25,34,37H,14-15,32H2,1-6H3,(H2,31,33,35,39)/t20-,23-,24-,25-,30+/m1/s1. The fourth-order valence-corrected chi connectivity index (χ4v) is 4.34. The number of aliphatic hydroxyl groups excluding tert-OH is 1. The number of aliphatic hydroxyl groups is 1. The van der Waals surface area contributed by atoms with E-state index in [0.29, 0.717) is 11.4 Å². The van der Waals surface area contributed by atoms with Gasteiger partial charge < -0.3 is 40.1 Å². The zero-order valence-electron chi connectivity index (χ0n) is 25.2. The molecule has 2 heterocycles. The molecule has 2 aromatic rings. The van der Waals surface area contributed by atoms with Crippen LogP contribution >= 0.6 is 0 Å². The van der Waals surface area contributed by atoms with E-state index in [1.165, 1.54) is 7.11 Å². The van der Waals surface area contributed by atoms with Crippen LogP contribution in [0.4, 0.5) is 0 Å². The molecule has 6 N–H and O–H groups in total. The second-order valence-electron chi connectivity index (χ2n) is 11.3. The number of nitrogens with two attached hydrogens (primary N) is 1. The molecule has 0 bridgehead atoms. The summed E-state index contributed by atoms with van der Waals surface area (Å²) in [5.74, 6) is -1.95. The first-order valence-corrected chi connectivity index (χ1v) is 13.9. The van der Waals surface area contributed by atoms with Crippen molar-refractivity contribution in [2.75, 3.05) is 13.7 Å². The van der Waals surface area contributed by atoms with Gasteiger partial charge in [-0.25, -0.2) is 4.99 Å². The van der Waals surface area contributed by atoms with E-state index in [2.05, 4.69) is 15.3 Å². The average Bonchev–Trinajstić information content (AvgIpc) is 3.56. The molecular weight excluding hydrogens is 558 g/mol. The smallest absolute Gasteiger partial charge is 0.323 e. The zero-order valence-corrected chi connectivity index (χ0v) is 25.2. The van der Waals surface area contributed by atoms with Gasteiger partial charge in [0.2, 0.25) is 0 Å². The maximum absolute atomic E-state index is 12.8. The number of esters is 2. The Labute approximate surface area is 250 Å². The molecular formula is C30H41N5O8. The Balaban J connectivity index is 1.86. The topological polar surface area (TPSA) is 198 Å². The zero-order chi connectivity index (χ0) is 31.9. The Morgan fingerprint density at radius 1 is 1.23 bits per heavy atom. The van der Waals surface area contributed by atoms with Crippen molar-refractivity contribution in [2.24, 2.45) is 16.6 Å². The van der Waals surface area contributed by atoms with Crippen molar-refractivity contribution < 1.29 is 38.4 Å². The third kappa shape index (κ3) is 7.93. The number of hydrogen-bond donors (Lipinski definition) is 5. The van der Waals surface area contributed by atoms with E-state index >= 15 is 0 Å². The van der Waals surface area contributed by atoms with Crippen LogP contribution in [0.5, 0.6) is 0 Å². The first kappa shape index (κ1) is 33.6. The second-order valence-corrected chi connectivity index (χ2v) is 11.3. The second kappa shape index (κ2) is 14.0. The first-order chi connectivity index (χ1) is 20.2. The number of methoxy groups -OCH3 is 1. The van der Waals surface area contributed by atoms with Gasteiger partial charge in [-0.3, -0.25) is 19.8 Å². The number of hydrogen-bond acceptors (Lipinski definition) is 10. The van der Waals surface area contributed by atoms with Gasteiger partial charge in [-0.2, -0.15) is 0 Å². The molecule has 1 aliphatic rings. The van der Waals surface area contributed by atoms with Gasteiger partial charge in [0.15, 0.2) is 11.9 Å². The van der Waals surface area contributed by atoms with Gasteiger partial charge in [-0.1, -0.05) is 44.2 Å². The quantitative estimate of drug-likeness (QED) is 0.136. The Hall–Kier alpha value is -3.91. The summed E-state index contributed by atoms with van der Waals surface area (Å²) < 4.78 is 22.6. The maximum Gasteiger partial charge on any atom is 0.323 e. The molecule has 1 fully saturated rings. The highest BCUT2D eigenvalue weighted by Gasteiger charge is 2.56. The molecule has 1 aromatic heterocycles. The lowest BCUT2D eigenvalue weighted by atomic mass is 9.93. The highest BCUT2D eigenvalue weighted by Crippen LogP contribution is 2.41. The van der Waals surface area contributed by atoms with Gasteiger partial charge in [0.25, 0.3) is 5.91 Å². The number of H-pyrrole nitrogens is 1. The van der Waals surface area contributed by atoms with E-state index in [9.17, 15) is 19.5 Å². The molecule has 1 aliphatic heterocycles. The summed E-state index contributed by atoms with van der Waals surface area (Å²) in [5, 5.41) is 21.5. The molecule has 1 amide bonds. The highest BCUT2D eigenvalue weighted by atomic mass is 16.6. The Morgan fingerprint density at radius 2 is 1.91 bits per heavy atom. The predicted molar refractivity (Wildman–Crippen MR) is 157 cm³/mol. The van der Waals surface area contributed by atoms with E-state index in [1.807, 2.05) is 18.2 Å². The minimum atomic E-state index is -1.48. The van der Waals surface area contributed by atoms with Crippen LogP contribution in [0.15, 0.2) is 47.5 Å². The van der Waals surface area contributed by atoms with Gasteiger partial charge in [0.05, 0.1) is 17.8 Å². The SMILES string of the molecule is COC(C)(C)C(=O)NC(=NC=N)c1ccc([C@]2(C)O[C@H](COC(=O)Cc3ccccc3)[C@@H](OC(=O)[C@H](N)C(C)C)[C@H]2O)[nH]1. The third-order valence-electron chi connectivity index (χ3n) is 7.44. The van der Waals surface area contributed by atoms with Gasteiger partial charge in [-0.05, 0) is 44.4 Å². The highest BCUT2D eigenvalue weighted by molar-refractivity contribution is 6.10. The number of nitrogens with one attached hydrogen (secondary N) is 3. The van der Waals surface area contributed by atoms with Crippen molar-refractivity contribution in [3.8, 4) is 0 Å². The van der Waals surface area contributed by atoms with E-state index in [0.717, 1.165) is 11.9 Å². The van der Waals surface area contributed by atoms with Crippen molar-refractivity contribution in [3.05, 3.63) is 59.4 Å². The van der Waals surface area contributed by atoms with Gasteiger partial charge >= 0.3 is 11.9 Å². The molecule has 1 aromatic carbocycles. The van der Waals surface area contributed by atoms with Crippen molar-refractivity contribution >= 4 is 30.0 Å².